The van der Waals surface area contributed by atoms with Crippen molar-refractivity contribution in [2.75, 3.05) is 38.8 Å². The molecule has 1 unspecified atom stereocenters. The molecule has 176 valence electrons. The summed E-state index contributed by atoms with van der Waals surface area (Å²) in [6.45, 7) is 1.37. The van der Waals surface area contributed by atoms with Crippen LogP contribution in [0.1, 0.15) is 23.7 Å². The molecule has 0 radical (unpaired) electrons. The van der Waals surface area contributed by atoms with Gasteiger partial charge in [-0.2, -0.15) is 4.98 Å². The Balaban J connectivity index is 1.35. The molecule has 0 saturated heterocycles. The van der Waals surface area contributed by atoms with Gasteiger partial charge in [0, 0.05) is 7.05 Å². The molecule has 7 heteroatoms. The predicted molar refractivity (Wildman–Crippen MR) is 130 cm³/mol. The fourth-order valence-electron chi connectivity index (χ4n) is 3.53. The second kappa shape index (κ2) is 11.3. The van der Waals surface area contributed by atoms with Crippen LogP contribution in [-0.2, 0) is 14.3 Å². The summed E-state index contributed by atoms with van der Waals surface area (Å²) in [7, 11) is 3.30. The van der Waals surface area contributed by atoms with E-state index in [1.807, 2.05) is 90.8 Å². The Morgan fingerprint density at radius 3 is 2.38 bits per heavy atom. The van der Waals surface area contributed by atoms with Crippen LogP contribution in [0.5, 0.6) is 5.75 Å². The SMILES string of the molecule is COC(=O)CCOC(c1ccccc1)c1ccc(OCCN(C)c2nc3ccccc3o2)cc1. The number of benzene rings is 3. The third-order valence-corrected chi connectivity index (χ3v) is 5.41. The van der Waals surface area contributed by atoms with Crippen molar-refractivity contribution in [3.63, 3.8) is 0 Å². The Hall–Kier alpha value is -3.84. The van der Waals surface area contributed by atoms with Gasteiger partial charge in [0.15, 0.2) is 5.58 Å². The van der Waals surface area contributed by atoms with Crippen molar-refractivity contribution in [1.29, 1.82) is 0 Å². The van der Waals surface area contributed by atoms with E-state index in [2.05, 4.69) is 4.98 Å². The number of likely N-dealkylation sites (N-methyl/N-ethyl adjacent to an activating group) is 1. The van der Waals surface area contributed by atoms with Gasteiger partial charge in [0.05, 0.1) is 26.7 Å². The molecule has 0 spiro atoms. The number of ether oxygens (including phenoxy) is 3. The Labute approximate surface area is 198 Å². The van der Waals surface area contributed by atoms with Crippen molar-refractivity contribution in [2.45, 2.75) is 12.5 Å². The van der Waals surface area contributed by atoms with Gasteiger partial charge in [-0.1, -0.05) is 54.6 Å². The van der Waals surface area contributed by atoms with E-state index >= 15 is 0 Å². The minimum atomic E-state index is -0.293. The van der Waals surface area contributed by atoms with Crippen molar-refractivity contribution in [1.82, 2.24) is 4.98 Å². The molecule has 1 heterocycles. The molecule has 7 nitrogen and oxygen atoms in total. The van der Waals surface area contributed by atoms with Crippen LogP contribution in [0.25, 0.3) is 11.1 Å². The number of aromatic nitrogens is 1. The normalized spacial score (nSPS) is 11.8. The van der Waals surface area contributed by atoms with Crippen LogP contribution in [0, 0.1) is 0 Å². The Kier molecular flexibility index (Phi) is 7.78. The number of carbonyl (C=O) groups is 1. The first-order chi connectivity index (χ1) is 16.6. The van der Waals surface area contributed by atoms with Crippen LogP contribution in [0.15, 0.2) is 83.3 Å². The lowest BCUT2D eigenvalue weighted by atomic mass is 10.0. The number of hydrogen-bond donors (Lipinski definition) is 0. The first-order valence-corrected chi connectivity index (χ1v) is 11.2. The van der Waals surface area contributed by atoms with Crippen LogP contribution in [0.2, 0.25) is 0 Å². The fourth-order valence-corrected chi connectivity index (χ4v) is 3.53. The molecule has 1 atom stereocenters. The Morgan fingerprint density at radius 1 is 0.941 bits per heavy atom. The lowest BCUT2D eigenvalue weighted by molar-refractivity contribution is -0.142. The number of fused-ring (bicyclic) bond motifs is 1. The Morgan fingerprint density at radius 2 is 1.65 bits per heavy atom. The van der Waals surface area contributed by atoms with E-state index in [1.165, 1.54) is 7.11 Å². The standard InChI is InChI=1S/C27H28N2O5/c1-29(27-28-23-10-6-7-11-24(23)34-27)17-19-32-22-14-12-21(13-15-22)26(20-8-4-3-5-9-20)33-18-16-25(30)31-2/h3-15,26H,16-19H2,1-2H3. The summed E-state index contributed by atoms with van der Waals surface area (Å²) in [4.78, 5) is 17.9. The second-order valence-electron chi connectivity index (χ2n) is 7.79. The maximum atomic E-state index is 11.5. The van der Waals surface area contributed by atoms with Gasteiger partial charge in [0.25, 0.3) is 6.01 Å². The highest BCUT2D eigenvalue weighted by Gasteiger charge is 2.16. The minimum Gasteiger partial charge on any atom is -0.492 e. The van der Waals surface area contributed by atoms with Crippen LogP contribution in [0.4, 0.5) is 6.01 Å². The summed E-state index contributed by atoms with van der Waals surface area (Å²) in [6.07, 6.45) is -0.0838. The van der Waals surface area contributed by atoms with Crippen LogP contribution in [0.3, 0.4) is 0 Å². The van der Waals surface area contributed by atoms with Gasteiger partial charge in [0.1, 0.15) is 24.0 Å². The van der Waals surface area contributed by atoms with E-state index in [-0.39, 0.29) is 25.1 Å². The highest BCUT2D eigenvalue weighted by Crippen LogP contribution is 2.28. The predicted octanol–water partition coefficient (Wildman–Crippen LogP) is 5.01. The third kappa shape index (κ3) is 5.94. The van der Waals surface area contributed by atoms with E-state index in [0.29, 0.717) is 19.2 Å². The molecule has 34 heavy (non-hydrogen) atoms. The molecule has 0 saturated carbocycles. The zero-order chi connectivity index (χ0) is 23.8. The van der Waals surface area contributed by atoms with Crippen molar-refractivity contribution in [3.05, 3.63) is 90.0 Å². The highest BCUT2D eigenvalue weighted by molar-refractivity contribution is 5.74. The number of anilines is 1. The largest absolute Gasteiger partial charge is 0.492 e. The number of esters is 1. The highest BCUT2D eigenvalue weighted by atomic mass is 16.5. The van der Waals surface area contributed by atoms with Crippen molar-refractivity contribution in [3.8, 4) is 5.75 Å². The molecule has 4 aromatic rings. The van der Waals surface area contributed by atoms with Crippen molar-refractivity contribution < 1.29 is 23.4 Å². The van der Waals surface area contributed by atoms with Gasteiger partial charge < -0.3 is 23.5 Å². The molecular formula is C27H28N2O5. The molecule has 0 fully saturated rings. The topological polar surface area (TPSA) is 74.0 Å². The lowest BCUT2D eigenvalue weighted by Gasteiger charge is -2.19. The summed E-state index contributed by atoms with van der Waals surface area (Å²) < 4.78 is 22.5. The summed E-state index contributed by atoms with van der Waals surface area (Å²) in [5.74, 6) is 0.467. The molecule has 1 aromatic heterocycles. The lowest BCUT2D eigenvalue weighted by Crippen LogP contribution is -2.23. The second-order valence-corrected chi connectivity index (χ2v) is 7.79. The van der Waals surface area contributed by atoms with Gasteiger partial charge >= 0.3 is 5.97 Å². The summed E-state index contributed by atoms with van der Waals surface area (Å²) in [5.41, 5.74) is 3.60. The third-order valence-electron chi connectivity index (χ3n) is 5.41. The molecule has 0 amide bonds. The van der Waals surface area contributed by atoms with E-state index in [1.54, 1.807) is 0 Å². The molecular weight excluding hydrogens is 432 g/mol. The van der Waals surface area contributed by atoms with Gasteiger partial charge in [0.2, 0.25) is 0 Å². The average Bonchev–Trinajstić information content (AvgIpc) is 3.32. The number of para-hydroxylation sites is 2. The molecule has 0 N–H and O–H groups in total. The van der Waals surface area contributed by atoms with E-state index in [9.17, 15) is 4.79 Å². The number of rotatable bonds is 11. The van der Waals surface area contributed by atoms with E-state index in [0.717, 1.165) is 28.0 Å². The summed E-state index contributed by atoms with van der Waals surface area (Å²) >= 11 is 0. The van der Waals surface area contributed by atoms with Crippen LogP contribution >= 0.6 is 0 Å². The molecule has 4 rings (SSSR count). The van der Waals surface area contributed by atoms with Crippen LogP contribution in [-0.4, -0.2) is 44.9 Å². The first kappa shape index (κ1) is 23.3. The number of nitrogens with zero attached hydrogens (tertiary/aromatic N) is 2. The first-order valence-electron chi connectivity index (χ1n) is 11.2. The fraction of sp³-hybridized carbons (Fsp3) is 0.259. The maximum absolute atomic E-state index is 11.5. The van der Waals surface area contributed by atoms with Gasteiger partial charge in [-0.05, 0) is 35.4 Å². The van der Waals surface area contributed by atoms with Crippen LogP contribution < -0.4 is 9.64 Å². The molecule has 0 bridgehead atoms. The van der Waals surface area contributed by atoms with E-state index in [4.69, 9.17) is 18.6 Å². The monoisotopic (exact) mass is 460 g/mol. The molecule has 3 aromatic carbocycles. The number of oxazole rings is 1. The van der Waals surface area contributed by atoms with E-state index < -0.39 is 0 Å². The van der Waals surface area contributed by atoms with Gasteiger partial charge in [-0.15, -0.1) is 0 Å². The summed E-state index contributed by atoms with van der Waals surface area (Å²) in [5, 5.41) is 0. The zero-order valence-corrected chi connectivity index (χ0v) is 19.3. The molecule has 0 aliphatic carbocycles. The van der Waals surface area contributed by atoms with Crippen molar-refractivity contribution in [2.24, 2.45) is 0 Å². The van der Waals surface area contributed by atoms with Gasteiger partial charge in [-0.3, -0.25) is 4.79 Å². The molecule has 0 aliphatic heterocycles. The number of methoxy groups -OCH3 is 1. The quantitative estimate of drug-likeness (QED) is 0.291. The zero-order valence-electron chi connectivity index (χ0n) is 19.3. The molecule has 0 aliphatic rings. The average molecular weight is 461 g/mol. The minimum absolute atomic E-state index is 0.203. The van der Waals surface area contributed by atoms with Gasteiger partial charge in [-0.25, -0.2) is 0 Å². The van der Waals surface area contributed by atoms with Crippen molar-refractivity contribution >= 4 is 23.1 Å². The number of carbonyl (C=O) groups excluding carboxylic acids is 1. The Bertz CT molecular complexity index is 1160. The maximum Gasteiger partial charge on any atom is 0.307 e. The summed E-state index contributed by atoms with van der Waals surface area (Å²) in [6, 6.07) is 26.0. The smallest absolute Gasteiger partial charge is 0.307 e. The number of hydrogen-bond acceptors (Lipinski definition) is 7.